The van der Waals surface area contributed by atoms with Crippen LogP contribution in [-0.4, -0.2) is 27.4 Å². The van der Waals surface area contributed by atoms with Crippen molar-refractivity contribution in [2.45, 2.75) is 24.3 Å². The molecule has 1 aliphatic rings. The number of carbonyl (C=O) groups is 1. The van der Waals surface area contributed by atoms with E-state index in [0.29, 0.717) is 12.2 Å². The van der Waals surface area contributed by atoms with Gasteiger partial charge in [-0.15, -0.1) is 11.8 Å². The van der Waals surface area contributed by atoms with Crippen LogP contribution in [0.2, 0.25) is 0 Å². The van der Waals surface area contributed by atoms with Crippen molar-refractivity contribution in [3.63, 3.8) is 0 Å². The number of aromatic nitrogens is 1. The van der Waals surface area contributed by atoms with Gasteiger partial charge in [0.2, 0.25) is 0 Å². The molecular formula is C26H22BrN3OS. The largest absolute Gasteiger partial charge is 0.360 e. The van der Waals surface area contributed by atoms with Gasteiger partial charge >= 0.3 is 0 Å². The van der Waals surface area contributed by atoms with Crippen molar-refractivity contribution in [2.24, 2.45) is 5.10 Å². The number of hydrazone groups is 1. The number of carbonyl (C=O) groups excluding carboxylic acids is 1. The molecule has 1 amide bonds. The number of H-pyrrole nitrogens is 1. The molecule has 0 radical (unpaired) electrons. The fraction of sp³-hybridized carbons (Fsp3) is 0.154. The van der Waals surface area contributed by atoms with Gasteiger partial charge in [0.15, 0.2) is 0 Å². The minimum Gasteiger partial charge on any atom is -0.360 e. The van der Waals surface area contributed by atoms with Crippen LogP contribution in [-0.2, 0) is 4.79 Å². The summed E-state index contributed by atoms with van der Waals surface area (Å²) in [6.45, 7) is 2.07. The number of amides is 1. The van der Waals surface area contributed by atoms with Crippen molar-refractivity contribution in [3.05, 3.63) is 100 Å². The molecule has 1 atom stereocenters. The lowest BCUT2D eigenvalue weighted by Gasteiger charge is -2.22. The fourth-order valence-electron chi connectivity index (χ4n) is 3.98. The number of fused-ring (bicyclic) bond motifs is 1. The Balaban J connectivity index is 1.40. The number of thioether (sulfide) groups is 1. The zero-order valence-corrected chi connectivity index (χ0v) is 20.0. The molecule has 1 aromatic heterocycles. The predicted molar refractivity (Wildman–Crippen MR) is 135 cm³/mol. The topological polar surface area (TPSA) is 48.5 Å². The first kappa shape index (κ1) is 21.0. The number of aromatic amines is 1. The number of benzene rings is 3. The molecule has 3 aromatic carbocycles. The molecule has 1 N–H and O–H groups in total. The summed E-state index contributed by atoms with van der Waals surface area (Å²) < 4.78 is 1.03. The molecule has 1 unspecified atom stereocenters. The molecule has 0 fully saturated rings. The maximum Gasteiger partial charge on any atom is 0.253 e. The fourth-order valence-corrected chi connectivity index (χ4v) is 5.13. The Bertz CT molecular complexity index is 1290. The number of rotatable bonds is 5. The Morgan fingerprint density at radius 1 is 1.09 bits per heavy atom. The van der Waals surface area contributed by atoms with Crippen molar-refractivity contribution >= 4 is 50.2 Å². The van der Waals surface area contributed by atoms with Gasteiger partial charge in [0, 0.05) is 32.9 Å². The van der Waals surface area contributed by atoms with Gasteiger partial charge < -0.3 is 4.98 Å². The molecule has 0 saturated heterocycles. The summed E-state index contributed by atoms with van der Waals surface area (Å²) in [6, 6.07) is 24.6. The monoisotopic (exact) mass is 503 g/mol. The number of para-hydroxylation sites is 1. The van der Waals surface area contributed by atoms with E-state index >= 15 is 0 Å². The van der Waals surface area contributed by atoms with Gasteiger partial charge in [0.25, 0.3) is 5.91 Å². The zero-order valence-electron chi connectivity index (χ0n) is 17.6. The van der Waals surface area contributed by atoms with E-state index in [2.05, 4.69) is 58.2 Å². The molecule has 2 heterocycles. The minimum atomic E-state index is -0.0923. The zero-order chi connectivity index (χ0) is 22.1. The third-order valence-corrected chi connectivity index (χ3v) is 7.28. The van der Waals surface area contributed by atoms with Crippen molar-refractivity contribution in [3.8, 4) is 0 Å². The second-order valence-electron chi connectivity index (χ2n) is 7.91. The van der Waals surface area contributed by atoms with Crippen molar-refractivity contribution in [1.29, 1.82) is 0 Å². The minimum absolute atomic E-state index is 0.0120. The van der Waals surface area contributed by atoms with E-state index in [0.717, 1.165) is 37.1 Å². The van der Waals surface area contributed by atoms with Gasteiger partial charge in [-0.1, -0.05) is 76.1 Å². The van der Waals surface area contributed by atoms with Crippen LogP contribution in [0.25, 0.3) is 10.9 Å². The first-order valence-electron chi connectivity index (χ1n) is 10.5. The van der Waals surface area contributed by atoms with Crippen LogP contribution in [0.3, 0.4) is 0 Å². The lowest BCUT2D eigenvalue weighted by atomic mass is 9.98. The standard InChI is InChI=1S/C26H22BrN3OS/c1-17-6-8-19(9-7-17)24-14-23(18-10-12-20(27)13-11-18)29-30(24)26(31)16-32-25-15-28-22-5-3-2-4-21(22)25/h2-13,15,24,28H,14,16H2,1H3. The van der Waals surface area contributed by atoms with Crippen LogP contribution in [0, 0.1) is 6.92 Å². The number of hydrogen-bond donors (Lipinski definition) is 1. The molecule has 1 aliphatic heterocycles. The summed E-state index contributed by atoms with van der Waals surface area (Å²) in [5.41, 5.74) is 5.38. The Morgan fingerprint density at radius 2 is 1.84 bits per heavy atom. The van der Waals surface area contributed by atoms with Gasteiger partial charge in [-0.25, -0.2) is 5.01 Å². The van der Waals surface area contributed by atoms with Crippen LogP contribution in [0.15, 0.2) is 93.5 Å². The molecule has 0 bridgehead atoms. The maximum absolute atomic E-state index is 13.3. The normalized spacial score (nSPS) is 15.9. The second-order valence-corrected chi connectivity index (χ2v) is 9.84. The van der Waals surface area contributed by atoms with E-state index in [9.17, 15) is 4.79 Å². The third kappa shape index (κ3) is 4.25. The predicted octanol–water partition coefficient (Wildman–Crippen LogP) is 6.71. The highest BCUT2D eigenvalue weighted by Crippen LogP contribution is 2.35. The molecule has 0 spiro atoms. The van der Waals surface area contributed by atoms with Crippen LogP contribution in [0.4, 0.5) is 0 Å². The number of nitrogens with one attached hydrogen (secondary N) is 1. The molecule has 160 valence electrons. The number of nitrogens with zero attached hydrogens (tertiary/aromatic N) is 2. The molecule has 32 heavy (non-hydrogen) atoms. The van der Waals surface area contributed by atoms with Crippen molar-refractivity contribution < 1.29 is 4.79 Å². The second kappa shape index (κ2) is 8.96. The Kier molecular flexibility index (Phi) is 5.89. The van der Waals surface area contributed by atoms with E-state index in [1.54, 1.807) is 16.8 Å². The van der Waals surface area contributed by atoms with Crippen LogP contribution in [0.1, 0.15) is 29.2 Å². The molecule has 4 aromatic rings. The van der Waals surface area contributed by atoms with E-state index in [1.807, 2.05) is 48.7 Å². The number of halogens is 1. The number of hydrogen-bond acceptors (Lipinski definition) is 3. The summed E-state index contributed by atoms with van der Waals surface area (Å²) in [4.78, 5) is 17.7. The van der Waals surface area contributed by atoms with Gasteiger partial charge in [0.1, 0.15) is 0 Å². The van der Waals surface area contributed by atoms with E-state index in [-0.39, 0.29) is 11.9 Å². The third-order valence-electron chi connectivity index (χ3n) is 5.71. The van der Waals surface area contributed by atoms with Crippen LogP contribution in [0.5, 0.6) is 0 Å². The molecule has 6 heteroatoms. The van der Waals surface area contributed by atoms with Crippen LogP contribution >= 0.6 is 27.7 Å². The summed E-state index contributed by atoms with van der Waals surface area (Å²) in [6.07, 6.45) is 2.68. The Morgan fingerprint density at radius 3 is 2.62 bits per heavy atom. The van der Waals surface area contributed by atoms with Crippen LogP contribution < -0.4 is 0 Å². The van der Waals surface area contributed by atoms with E-state index in [1.165, 1.54) is 5.56 Å². The molecule has 0 saturated carbocycles. The lowest BCUT2D eigenvalue weighted by Crippen LogP contribution is -2.28. The van der Waals surface area contributed by atoms with Crippen molar-refractivity contribution in [1.82, 2.24) is 9.99 Å². The number of aryl methyl sites for hydroxylation is 1. The molecule has 4 nitrogen and oxygen atoms in total. The van der Waals surface area contributed by atoms with Gasteiger partial charge in [0.05, 0.1) is 17.5 Å². The summed E-state index contributed by atoms with van der Waals surface area (Å²) in [5, 5.41) is 7.62. The van der Waals surface area contributed by atoms with Gasteiger partial charge in [-0.2, -0.15) is 5.10 Å². The molecule has 5 rings (SSSR count). The quantitative estimate of drug-likeness (QED) is 0.307. The van der Waals surface area contributed by atoms with E-state index in [4.69, 9.17) is 5.10 Å². The first-order valence-corrected chi connectivity index (χ1v) is 12.3. The average molecular weight is 504 g/mol. The van der Waals surface area contributed by atoms with Gasteiger partial charge in [-0.3, -0.25) is 4.79 Å². The SMILES string of the molecule is Cc1ccc(C2CC(c3ccc(Br)cc3)=NN2C(=O)CSc2c[nH]c3ccccc23)cc1. The lowest BCUT2D eigenvalue weighted by molar-refractivity contribution is -0.130. The highest BCUT2D eigenvalue weighted by atomic mass is 79.9. The van der Waals surface area contributed by atoms with E-state index < -0.39 is 0 Å². The smallest absolute Gasteiger partial charge is 0.253 e. The molecular weight excluding hydrogens is 482 g/mol. The highest BCUT2D eigenvalue weighted by Gasteiger charge is 2.33. The summed E-state index contributed by atoms with van der Waals surface area (Å²) >= 11 is 5.04. The Labute approximate surface area is 199 Å². The first-order chi connectivity index (χ1) is 15.6. The highest BCUT2D eigenvalue weighted by molar-refractivity contribution is 9.10. The summed E-state index contributed by atoms with van der Waals surface area (Å²) in [5.74, 6) is 0.347. The maximum atomic E-state index is 13.3. The van der Waals surface area contributed by atoms with Crippen molar-refractivity contribution in [2.75, 3.05) is 5.75 Å². The summed E-state index contributed by atoms with van der Waals surface area (Å²) in [7, 11) is 0. The molecule has 0 aliphatic carbocycles. The Hall–Kier alpha value is -2.83. The van der Waals surface area contributed by atoms with Gasteiger partial charge in [-0.05, 0) is 36.2 Å². The average Bonchev–Trinajstić information content (AvgIpc) is 3.43.